The summed E-state index contributed by atoms with van der Waals surface area (Å²) in [4.78, 5) is 0. The zero-order valence-corrected chi connectivity index (χ0v) is 19.7. The van der Waals surface area contributed by atoms with Crippen molar-refractivity contribution in [2.24, 2.45) is 11.8 Å². The second-order valence-electron chi connectivity index (χ2n) is 9.18. The summed E-state index contributed by atoms with van der Waals surface area (Å²) in [5.74, 6) is 0.573. The van der Waals surface area contributed by atoms with Crippen molar-refractivity contribution in [3.63, 3.8) is 0 Å². The number of ether oxygens (including phenoxy) is 5. The average Bonchev–Trinajstić information content (AvgIpc) is 3.51. The van der Waals surface area contributed by atoms with Crippen LogP contribution in [0.5, 0.6) is 28.7 Å². The number of fused-ring (bicyclic) bond motifs is 3. The van der Waals surface area contributed by atoms with Gasteiger partial charge < -0.3 is 39.2 Å². The number of anilines is 1. The number of aromatic hydroxyl groups is 1. The van der Waals surface area contributed by atoms with Crippen molar-refractivity contribution in [1.29, 1.82) is 0 Å². The van der Waals surface area contributed by atoms with Gasteiger partial charge in [-0.25, -0.2) is 4.39 Å². The van der Waals surface area contributed by atoms with Gasteiger partial charge in [0.2, 0.25) is 12.5 Å². The number of benzene rings is 3. The number of phenolic OH excluding ortho intramolecular Hbond substituents is 1. The minimum Gasteiger partial charge on any atom is -0.502 e. The van der Waals surface area contributed by atoms with Gasteiger partial charge in [-0.1, -0.05) is 0 Å². The van der Waals surface area contributed by atoms with E-state index in [1.54, 1.807) is 24.3 Å². The molecule has 5 atom stereocenters. The van der Waals surface area contributed by atoms with E-state index in [9.17, 15) is 14.6 Å². The van der Waals surface area contributed by atoms with E-state index in [1.807, 2.05) is 12.1 Å². The fourth-order valence-electron chi connectivity index (χ4n) is 5.73. The SMILES string of the molecule is COc1cc([C@@H]2c3cc4c(cc3[C@@H](Nc3ccc(F)cc3)[C@H]3CO[C@@H](O)[C@H]23)OCO4)cc(OC)c1O. The van der Waals surface area contributed by atoms with Crippen LogP contribution in [0.1, 0.15) is 28.7 Å². The highest BCUT2D eigenvalue weighted by Gasteiger charge is 2.51. The molecular weight excluding hydrogens is 469 g/mol. The highest BCUT2D eigenvalue weighted by atomic mass is 19.1. The molecule has 0 amide bonds. The fraction of sp³-hybridized carbons (Fsp3) is 0.333. The van der Waals surface area contributed by atoms with Crippen molar-refractivity contribution < 1.29 is 38.3 Å². The first-order valence-electron chi connectivity index (χ1n) is 11.7. The summed E-state index contributed by atoms with van der Waals surface area (Å²) in [7, 11) is 2.95. The Morgan fingerprint density at radius 1 is 0.944 bits per heavy atom. The summed E-state index contributed by atoms with van der Waals surface area (Å²) >= 11 is 0. The molecule has 36 heavy (non-hydrogen) atoms. The van der Waals surface area contributed by atoms with Gasteiger partial charge in [0, 0.05) is 23.4 Å². The molecule has 0 aromatic heterocycles. The molecular formula is C27H26FNO7. The van der Waals surface area contributed by atoms with Crippen LogP contribution in [-0.2, 0) is 4.74 Å². The monoisotopic (exact) mass is 495 g/mol. The maximum absolute atomic E-state index is 13.6. The van der Waals surface area contributed by atoms with Gasteiger partial charge in [-0.2, -0.15) is 0 Å². The zero-order valence-electron chi connectivity index (χ0n) is 19.7. The minimum atomic E-state index is -1.03. The Hall–Kier alpha value is -3.69. The fourth-order valence-corrected chi connectivity index (χ4v) is 5.73. The molecule has 2 aliphatic heterocycles. The molecule has 0 saturated carbocycles. The molecule has 3 aliphatic rings. The van der Waals surface area contributed by atoms with Gasteiger partial charge in [-0.05, 0) is 65.2 Å². The van der Waals surface area contributed by atoms with Gasteiger partial charge in [0.15, 0.2) is 29.3 Å². The van der Waals surface area contributed by atoms with Crippen LogP contribution >= 0.6 is 0 Å². The van der Waals surface area contributed by atoms with E-state index < -0.39 is 6.29 Å². The number of rotatable bonds is 5. The number of methoxy groups -OCH3 is 2. The number of nitrogens with one attached hydrogen (secondary N) is 1. The van der Waals surface area contributed by atoms with Crippen LogP contribution in [0.2, 0.25) is 0 Å². The molecule has 0 bridgehead atoms. The van der Waals surface area contributed by atoms with Crippen molar-refractivity contribution >= 4 is 5.69 Å². The van der Waals surface area contributed by atoms with Crippen LogP contribution in [0, 0.1) is 17.7 Å². The summed E-state index contributed by atoms with van der Waals surface area (Å²) in [5.41, 5.74) is 3.41. The lowest BCUT2D eigenvalue weighted by molar-refractivity contribution is -0.0854. The topological polar surface area (TPSA) is 98.6 Å². The number of aliphatic hydroxyl groups is 1. The van der Waals surface area contributed by atoms with Crippen LogP contribution in [0.25, 0.3) is 0 Å². The van der Waals surface area contributed by atoms with E-state index in [2.05, 4.69) is 5.32 Å². The van der Waals surface area contributed by atoms with Gasteiger partial charge in [-0.3, -0.25) is 0 Å². The molecule has 2 heterocycles. The lowest BCUT2D eigenvalue weighted by atomic mass is 9.65. The zero-order chi connectivity index (χ0) is 25.0. The van der Waals surface area contributed by atoms with Crippen LogP contribution in [0.3, 0.4) is 0 Å². The molecule has 0 radical (unpaired) electrons. The predicted octanol–water partition coefficient (Wildman–Crippen LogP) is 4.16. The first kappa shape index (κ1) is 22.8. The van der Waals surface area contributed by atoms with Gasteiger partial charge in [0.05, 0.1) is 26.9 Å². The van der Waals surface area contributed by atoms with E-state index in [4.69, 9.17) is 23.7 Å². The largest absolute Gasteiger partial charge is 0.502 e. The number of hydrogen-bond donors (Lipinski definition) is 3. The van der Waals surface area contributed by atoms with Crippen LogP contribution < -0.4 is 24.3 Å². The molecule has 3 aromatic carbocycles. The molecule has 9 heteroatoms. The van der Waals surface area contributed by atoms with E-state index in [-0.39, 0.29) is 53.7 Å². The minimum absolute atomic E-state index is 0.0962. The third-order valence-electron chi connectivity index (χ3n) is 7.37. The normalized spacial score (nSPS) is 25.7. The predicted molar refractivity (Wildman–Crippen MR) is 127 cm³/mol. The second-order valence-corrected chi connectivity index (χ2v) is 9.18. The Morgan fingerprint density at radius 3 is 2.22 bits per heavy atom. The average molecular weight is 496 g/mol. The van der Waals surface area contributed by atoms with Crippen molar-refractivity contribution in [3.8, 4) is 28.7 Å². The molecule has 1 saturated heterocycles. The van der Waals surface area contributed by atoms with Crippen molar-refractivity contribution in [3.05, 3.63) is 71.0 Å². The van der Waals surface area contributed by atoms with E-state index in [0.29, 0.717) is 18.1 Å². The third-order valence-corrected chi connectivity index (χ3v) is 7.37. The summed E-state index contributed by atoms with van der Waals surface area (Å²) in [6.45, 7) is 0.444. The summed E-state index contributed by atoms with van der Waals surface area (Å²) in [6, 6.07) is 13.3. The molecule has 188 valence electrons. The van der Waals surface area contributed by atoms with E-state index >= 15 is 0 Å². The van der Waals surface area contributed by atoms with Gasteiger partial charge in [-0.15, -0.1) is 0 Å². The summed E-state index contributed by atoms with van der Waals surface area (Å²) in [6.07, 6.45) is -1.03. The smallest absolute Gasteiger partial charge is 0.231 e. The number of phenols is 1. The molecule has 1 aliphatic carbocycles. The Labute approximate surface area is 207 Å². The lowest BCUT2D eigenvalue weighted by Gasteiger charge is -2.42. The van der Waals surface area contributed by atoms with Gasteiger partial charge in [0.25, 0.3) is 0 Å². The van der Waals surface area contributed by atoms with Crippen molar-refractivity contribution in [2.75, 3.05) is 32.9 Å². The van der Waals surface area contributed by atoms with E-state index in [1.165, 1.54) is 26.4 Å². The van der Waals surface area contributed by atoms with Crippen LogP contribution in [-0.4, -0.2) is 44.1 Å². The standard InChI is InChI=1S/C27H26FNO7/c1-32-21-7-13(8-22(33-2)26(21)30)23-16-9-19-20(36-12-35-19)10-17(16)25(18-11-34-27(31)24(18)23)29-15-5-3-14(28)4-6-15/h3-10,18,23-25,27,29-31H,11-12H2,1-2H3/t18-,23+,24-,25+,27+/m0/s1. The number of hydrogen-bond acceptors (Lipinski definition) is 8. The van der Waals surface area contributed by atoms with Crippen LogP contribution in [0.15, 0.2) is 48.5 Å². The quantitative estimate of drug-likeness (QED) is 0.486. The van der Waals surface area contributed by atoms with E-state index in [0.717, 1.165) is 22.4 Å². The summed E-state index contributed by atoms with van der Waals surface area (Å²) in [5, 5.41) is 25.1. The molecule has 0 spiro atoms. The maximum atomic E-state index is 13.6. The van der Waals surface area contributed by atoms with Gasteiger partial charge in [0.1, 0.15) is 5.82 Å². The molecule has 8 nitrogen and oxygen atoms in total. The molecule has 6 rings (SSSR count). The highest BCUT2D eigenvalue weighted by Crippen LogP contribution is 2.57. The third kappa shape index (κ3) is 3.58. The van der Waals surface area contributed by atoms with Crippen molar-refractivity contribution in [2.45, 2.75) is 18.2 Å². The first-order valence-corrected chi connectivity index (χ1v) is 11.7. The number of halogens is 1. The molecule has 3 N–H and O–H groups in total. The molecule has 3 aromatic rings. The number of aliphatic hydroxyl groups excluding tert-OH is 1. The maximum Gasteiger partial charge on any atom is 0.231 e. The molecule has 1 fully saturated rings. The second kappa shape index (κ2) is 8.76. The van der Waals surface area contributed by atoms with Crippen LogP contribution in [0.4, 0.5) is 10.1 Å². The summed E-state index contributed by atoms with van der Waals surface area (Å²) < 4.78 is 41.6. The molecule has 0 unspecified atom stereocenters. The first-order chi connectivity index (χ1) is 17.5. The lowest BCUT2D eigenvalue weighted by Crippen LogP contribution is -2.39. The Morgan fingerprint density at radius 2 is 1.58 bits per heavy atom. The van der Waals surface area contributed by atoms with Crippen molar-refractivity contribution in [1.82, 2.24) is 0 Å². The Kier molecular flexibility index (Phi) is 5.54. The Balaban J connectivity index is 1.54. The highest BCUT2D eigenvalue weighted by molar-refractivity contribution is 5.60. The Bertz CT molecular complexity index is 1270. The van der Waals surface area contributed by atoms with Gasteiger partial charge >= 0.3 is 0 Å².